The number of rotatable bonds is 7. The van der Waals surface area contributed by atoms with Gasteiger partial charge in [-0.1, -0.05) is 12.1 Å². The summed E-state index contributed by atoms with van der Waals surface area (Å²) in [5.41, 5.74) is -0.328. The van der Waals surface area contributed by atoms with Gasteiger partial charge in [0.2, 0.25) is 17.5 Å². The van der Waals surface area contributed by atoms with E-state index in [1.54, 1.807) is 12.1 Å². The molecule has 224 valence electrons. The zero-order valence-electron chi connectivity index (χ0n) is 22.1. The number of carbonyl (C=O) groups is 1. The van der Waals surface area contributed by atoms with E-state index in [2.05, 4.69) is 0 Å². The summed E-state index contributed by atoms with van der Waals surface area (Å²) in [6.45, 7) is -0.583. The molecule has 1 saturated heterocycles. The Morgan fingerprint density at radius 1 is 0.837 bits per heavy atom. The highest BCUT2D eigenvalue weighted by Gasteiger charge is 2.46. The highest BCUT2D eigenvalue weighted by atomic mass is 16.7. The molecule has 2 heterocycles. The van der Waals surface area contributed by atoms with E-state index in [4.69, 9.17) is 18.6 Å². The molecule has 13 nitrogen and oxygen atoms in total. The van der Waals surface area contributed by atoms with Gasteiger partial charge in [-0.15, -0.1) is 0 Å². The number of carbonyl (C=O) groups excluding carboxylic acids is 1. The normalized spacial score (nSPS) is 22.1. The molecule has 3 aromatic carbocycles. The number of hydrogen-bond acceptors (Lipinski definition) is 13. The van der Waals surface area contributed by atoms with Gasteiger partial charge in [0, 0.05) is 23.8 Å². The number of aromatic hydroxyl groups is 4. The van der Waals surface area contributed by atoms with Gasteiger partial charge in [-0.2, -0.15) is 0 Å². The van der Waals surface area contributed by atoms with Crippen LogP contribution in [0.4, 0.5) is 0 Å². The van der Waals surface area contributed by atoms with Crippen LogP contribution in [0.25, 0.3) is 28.4 Å². The lowest BCUT2D eigenvalue weighted by molar-refractivity contribution is -0.278. The van der Waals surface area contributed by atoms with E-state index in [1.807, 2.05) is 0 Å². The molecule has 0 bridgehead atoms. The number of phenols is 4. The van der Waals surface area contributed by atoms with Crippen LogP contribution < -0.4 is 10.2 Å². The van der Waals surface area contributed by atoms with Crippen LogP contribution in [0.1, 0.15) is 5.56 Å². The van der Waals surface area contributed by atoms with E-state index in [-0.39, 0.29) is 33.8 Å². The fraction of sp³-hybridized carbons (Fsp3) is 0.200. The zero-order chi connectivity index (χ0) is 30.8. The minimum absolute atomic E-state index is 0.0495. The third-order valence-electron chi connectivity index (χ3n) is 6.64. The average Bonchev–Trinajstić information content (AvgIpc) is 2.97. The Kier molecular flexibility index (Phi) is 8.23. The summed E-state index contributed by atoms with van der Waals surface area (Å²) in [5.74, 6) is -2.70. The van der Waals surface area contributed by atoms with Gasteiger partial charge in [0.1, 0.15) is 65.0 Å². The number of aliphatic hydroxyl groups is 3. The quantitative estimate of drug-likeness (QED) is 0.120. The summed E-state index contributed by atoms with van der Waals surface area (Å²) in [5, 5.41) is 70.6. The molecule has 5 rings (SSSR count). The molecule has 0 amide bonds. The molecule has 13 heteroatoms. The molecule has 1 aliphatic rings. The van der Waals surface area contributed by atoms with Crippen molar-refractivity contribution in [1.82, 2.24) is 0 Å². The second kappa shape index (κ2) is 12.0. The van der Waals surface area contributed by atoms with Crippen molar-refractivity contribution in [2.45, 2.75) is 30.7 Å². The van der Waals surface area contributed by atoms with Crippen molar-refractivity contribution in [3.8, 4) is 40.1 Å². The van der Waals surface area contributed by atoms with Gasteiger partial charge in [-0.05, 0) is 48.0 Å². The Hall–Kier alpha value is -5.08. The second-order valence-corrected chi connectivity index (χ2v) is 9.66. The van der Waals surface area contributed by atoms with Crippen LogP contribution >= 0.6 is 0 Å². The van der Waals surface area contributed by atoms with Gasteiger partial charge in [-0.3, -0.25) is 4.79 Å². The second-order valence-electron chi connectivity index (χ2n) is 9.66. The monoisotopic (exact) mass is 594 g/mol. The summed E-state index contributed by atoms with van der Waals surface area (Å²) in [4.78, 5) is 25.8. The molecule has 4 aromatic rings. The van der Waals surface area contributed by atoms with Gasteiger partial charge >= 0.3 is 5.97 Å². The maximum absolute atomic E-state index is 13.5. The number of hydrogen-bond donors (Lipinski definition) is 7. The van der Waals surface area contributed by atoms with E-state index in [0.29, 0.717) is 5.56 Å². The van der Waals surface area contributed by atoms with Gasteiger partial charge in [0.25, 0.3) is 0 Å². The molecular formula is C30H26O13. The van der Waals surface area contributed by atoms with Crippen LogP contribution in [-0.4, -0.2) is 79.0 Å². The van der Waals surface area contributed by atoms with Gasteiger partial charge in [0.15, 0.2) is 5.76 Å². The van der Waals surface area contributed by atoms with E-state index in [1.165, 1.54) is 42.5 Å². The third-order valence-corrected chi connectivity index (χ3v) is 6.64. The first-order valence-corrected chi connectivity index (χ1v) is 12.8. The number of aliphatic hydroxyl groups excluding tert-OH is 3. The van der Waals surface area contributed by atoms with Crippen molar-refractivity contribution in [2.75, 3.05) is 6.61 Å². The third kappa shape index (κ3) is 6.24. The molecule has 0 spiro atoms. The Balaban J connectivity index is 1.42. The minimum atomic E-state index is -1.90. The molecule has 43 heavy (non-hydrogen) atoms. The highest BCUT2D eigenvalue weighted by Crippen LogP contribution is 2.37. The molecule has 1 fully saturated rings. The van der Waals surface area contributed by atoms with Crippen LogP contribution in [0.5, 0.6) is 28.7 Å². The van der Waals surface area contributed by atoms with Gasteiger partial charge < -0.3 is 54.4 Å². The van der Waals surface area contributed by atoms with E-state index < -0.39 is 66.0 Å². The first kappa shape index (κ1) is 29.4. The largest absolute Gasteiger partial charge is 0.508 e. The van der Waals surface area contributed by atoms with Gasteiger partial charge in [-0.25, -0.2) is 4.79 Å². The first-order chi connectivity index (χ1) is 20.5. The van der Waals surface area contributed by atoms with E-state index in [0.717, 1.165) is 18.2 Å². The Morgan fingerprint density at radius 2 is 1.49 bits per heavy atom. The lowest BCUT2D eigenvalue weighted by atomic mass is 9.99. The molecule has 1 aliphatic heterocycles. The first-order valence-electron chi connectivity index (χ1n) is 12.8. The number of phenolic OH excluding ortho intramolecular Hbond substituents is 4. The van der Waals surface area contributed by atoms with Crippen molar-refractivity contribution in [1.29, 1.82) is 0 Å². The van der Waals surface area contributed by atoms with Crippen LogP contribution in [0.3, 0.4) is 0 Å². The highest BCUT2D eigenvalue weighted by molar-refractivity contribution is 5.88. The Morgan fingerprint density at radius 3 is 2.16 bits per heavy atom. The van der Waals surface area contributed by atoms with Crippen molar-refractivity contribution >= 4 is 23.0 Å². The molecule has 1 aromatic heterocycles. The maximum Gasteiger partial charge on any atom is 0.330 e. The number of esters is 1. The topological polar surface area (TPSA) is 217 Å². The number of ether oxygens (including phenoxy) is 3. The van der Waals surface area contributed by atoms with Crippen molar-refractivity contribution in [2.24, 2.45) is 0 Å². The zero-order valence-corrected chi connectivity index (χ0v) is 22.1. The number of benzene rings is 3. The van der Waals surface area contributed by atoms with Crippen LogP contribution in [0.2, 0.25) is 0 Å². The molecule has 0 aliphatic carbocycles. The fourth-order valence-electron chi connectivity index (χ4n) is 4.41. The van der Waals surface area contributed by atoms with Crippen molar-refractivity contribution in [3.05, 3.63) is 82.5 Å². The van der Waals surface area contributed by atoms with Crippen LogP contribution in [0, 0.1) is 0 Å². The summed E-state index contributed by atoms with van der Waals surface area (Å²) in [7, 11) is 0. The Bertz CT molecular complexity index is 1710. The van der Waals surface area contributed by atoms with Crippen molar-refractivity contribution in [3.63, 3.8) is 0 Å². The lowest BCUT2D eigenvalue weighted by Gasteiger charge is -2.39. The molecule has 0 saturated carbocycles. The number of fused-ring (bicyclic) bond motifs is 1. The Labute approximate surface area is 242 Å². The molecule has 5 atom stereocenters. The SMILES string of the molecule is O=C(C=Cc1ccc(O)cc1)OC[C@H]1OC(Oc2c(-c3ccc(O)cc3)oc3cc(O)cc(O)c3c2=O)[C@H](O)[C@@H](O)[C@@H]1O. The fourth-order valence-corrected chi connectivity index (χ4v) is 4.41. The maximum atomic E-state index is 13.5. The van der Waals surface area contributed by atoms with Crippen LogP contribution in [-0.2, 0) is 14.3 Å². The van der Waals surface area contributed by atoms with Crippen molar-refractivity contribution < 1.29 is 59.2 Å². The summed E-state index contributed by atoms with van der Waals surface area (Å²) < 4.78 is 22.2. The predicted molar refractivity (Wildman–Crippen MR) is 148 cm³/mol. The molecular weight excluding hydrogens is 568 g/mol. The summed E-state index contributed by atoms with van der Waals surface area (Å²) in [6, 6.07) is 13.4. The van der Waals surface area contributed by atoms with E-state index >= 15 is 0 Å². The molecule has 7 N–H and O–H groups in total. The van der Waals surface area contributed by atoms with Gasteiger partial charge in [0.05, 0.1) is 0 Å². The molecule has 1 unspecified atom stereocenters. The van der Waals surface area contributed by atoms with Crippen LogP contribution in [0.15, 0.2) is 76.0 Å². The summed E-state index contributed by atoms with van der Waals surface area (Å²) >= 11 is 0. The average molecular weight is 595 g/mol. The summed E-state index contributed by atoms with van der Waals surface area (Å²) in [6.07, 6.45) is -6.17. The minimum Gasteiger partial charge on any atom is -0.508 e. The standard InChI is InChI=1S/C30H26O13/c31-16-6-1-14(2-7-16)3-10-22(35)40-13-21-24(36)26(38)27(39)30(42-21)43-29-25(37)23-19(34)11-18(33)12-20(23)41-28(29)15-4-8-17(32)9-5-15/h1-12,21,24,26-27,30-34,36,38-39H,13H2/t21-,24-,26+,27-,30?/m1/s1. The predicted octanol–water partition coefficient (Wildman–Crippen LogP) is 1.73. The lowest BCUT2D eigenvalue weighted by Crippen LogP contribution is -2.60. The molecule has 0 radical (unpaired) electrons. The van der Waals surface area contributed by atoms with E-state index in [9.17, 15) is 45.3 Å². The smallest absolute Gasteiger partial charge is 0.330 e.